The molecule has 0 unspecified atom stereocenters. The van der Waals surface area contributed by atoms with Gasteiger partial charge >= 0.3 is 0 Å². The summed E-state index contributed by atoms with van der Waals surface area (Å²) >= 11 is 8.53. The van der Waals surface area contributed by atoms with E-state index in [4.69, 9.17) is 17.0 Å². The molecule has 0 bridgehead atoms. The second-order valence-corrected chi connectivity index (χ2v) is 5.90. The molecule has 120 valence electrons. The lowest BCUT2D eigenvalue weighted by atomic mass is 10.2. The summed E-state index contributed by atoms with van der Waals surface area (Å²) in [7, 11) is 0. The van der Waals surface area contributed by atoms with E-state index in [2.05, 4.69) is 31.5 Å². The molecule has 0 saturated heterocycles. The zero-order valence-corrected chi connectivity index (χ0v) is 15.1. The lowest BCUT2D eigenvalue weighted by molar-refractivity contribution is 0.0977. The van der Waals surface area contributed by atoms with Crippen LogP contribution in [0.25, 0.3) is 0 Å². The lowest BCUT2D eigenvalue weighted by Gasteiger charge is -2.10. The molecular formula is C16H16BrN3O2S. The Balaban J connectivity index is 2.00. The van der Waals surface area contributed by atoms with Crippen LogP contribution in [0.4, 0.5) is 5.82 Å². The number of thiocarbonyl (C=S) groups is 1. The first kappa shape index (κ1) is 17.4. The number of nitrogens with one attached hydrogen (secondary N) is 2. The van der Waals surface area contributed by atoms with E-state index in [-0.39, 0.29) is 11.0 Å². The van der Waals surface area contributed by atoms with Crippen LogP contribution in [0, 0.1) is 6.92 Å². The smallest absolute Gasteiger partial charge is 0.257 e. The van der Waals surface area contributed by atoms with Crippen molar-refractivity contribution in [3.63, 3.8) is 0 Å². The summed E-state index contributed by atoms with van der Waals surface area (Å²) < 4.78 is 6.29. The highest BCUT2D eigenvalue weighted by atomic mass is 79.9. The number of carbonyl (C=O) groups excluding carboxylic acids is 1. The van der Waals surface area contributed by atoms with Gasteiger partial charge in [0.15, 0.2) is 5.11 Å². The molecule has 0 spiro atoms. The van der Waals surface area contributed by atoms with E-state index in [0.717, 1.165) is 10.2 Å². The van der Waals surface area contributed by atoms with Gasteiger partial charge in [-0.1, -0.05) is 6.07 Å². The summed E-state index contributed by atoms with van der Waals surface area (Å²) in [5, 5.41) is 5.70. The van der Waals surface area contributed by atoms with Crippen LogP contribution >= 0.6 is 28.1 Å². The minimum absolute atomic E-state index is 0.186. The summed E-state index contributed by atoms with van der Waals surface area (Å²) in [5.41, 5.74) is 1.30. The normalized spacial score (nSPS) is 10.0. The Bertz CT molecular complexity index is 737. The van der Waals surface area contributed by atoms with E-state index in [0.29, 0.717) is 23.7 Å². The number of benzene rings is 1. The fraction of sp³-hybridized carbons (Fsp3) is 0.188. The van der Waals surface area contributed by atoms with Crippen molar-refractivity contribution in [1.82, 2.24) is 10.3 Å². The summed E-state index contributed by atoms with van der Waals surface area (Å²) in [5.74, 6) is 0.904. The lowest BCUT2D eigenvalue weighted by Crippen LogP contribution is -2.34. The highest BCUT2D eigenvalue weighted by Crippen LogP contribution is 2.16. The standard InChI is InChI=1S/C16H16BrN3O2S/c1-3-22-12-6-4-5-11(9-12)15(21)20-16(23)19-14-8-7-13(17)10(2)18-14/h4-9H,3H2,1-2H3,(H2,18,19,20,21,23). The molecular weight excluding hydrogens is 378 g/mol. The predicted molar refractivity (Wildman–Crippen MR) is 98.0 cm³/mol. The maximum atomic E-state index is 12.2. The molecule has 1 aromatic carbocycles. The number of hydrogen-bond acceptors (Lipinski definition) is 4. The molecule has 0 radical (unpaired) electrons. The van der Waals surface area contributed by atoms with Crippen molar-refractivity contribution in [2.24, 2.45) is 0 Å². The van der Waals surface area contributed by atoms with Crippen molar-refractivity contribution in [2.45, 2.75) is 13.8 Å². The van der Waals surface area contributed by atoms with E-state index >= 15 is 0 Å². The van der Waals surface area contributed by atoms with Gasteiger partial charge in [0.1, 0.15) is 11.6 Å². The number of ether oxygens (including phenoxy) is 1. The second kappa shape index (κ2) is 8.03. The molecule has 2 N–H and O–H groups in total. The number of pyridine rings is 1. The average Bonchev–Trinajstić information content (AvgIpc) is 2.51. The number of aryl methyl sites for hydroxylation is 1. The second-order valence-electron chi connectivity index (χ2n) is 4.63. The van der Waals surface area contributed by atoms with Crippen molar-refractivity contribution in [2.75, 3.05) is 11.9 Å². The Morgan fingerprint density at radius 2 is 2.13 bits per heavy atom. The third kappa shape index (κ3) is 5.01. The summed E-state index contributed by atoms with van der Waals surface area (Å²) in [6.07, 6.45) is 0. The first-order chi connectivity index (χ1) is 11.0. The molecule has 1 heterocycles. The maximum absolute atomic E-state index is 12.2. The number of anilines is 1. The monoisotopic (exact) mass is 393 g/mol. The zero-order chi connectivity index (χ0) is 16.8. The highest BCUT2D eigenvalue weighted by molar-refractivity contribution is 9.10. The van der Waals surface area contributed by atoms with E-state index < -0.39 is 0 Å². The van der Waals surface area contributed by atoms with E-state index in [1.807, 2.05) is 19.9 Å². The van der Waals surface area contributed by atoms with Gasteiger partial charge in [-0.05, 0) is 72.3 Å². The molecule has 5 nitrogen and oxygen atoms in total. The molecule has 0 aliphatic rings. The maximum Gasteiger partial charge on any atom is 0.257 e. The van der Waals surface area contributed by atoms with Crippen molar-refractivity contribution < 1.29 is 9.53 Å². The first-order valence-corrected chi connectivity index (χ1v) is 8.18. The van der Waals surface area contributed by atoms with Crippen molar-refractivity contribution in [3.8, 4) is 5.75 Å². The SMILES string of the molecule is CCOc1cccc(C(=O)NC(=S)Nc2ccc(Br)c(C)n2)c1. The van der Waals surface area contributed by atoms with Crippen LogP contribution in [0.1, 0.15) is 23.0 Å². The molecule has 2 rings (SSSR count). The Morgan fingerprint density at radius 1 is 1.35 bits per heavy atom. The number of amides is 1. The Morgan fingerprint density at radius 3 is 2.83 bits per heavy atom. The van der Waals surface area contributed by atoms with Crippen LogP contribution in [-0.2, 0) is 0 Å². The van der Waals surface area contributed by atoms with Crippen LogP contribution in [-0.4, -0.2) is 22.6 Å². The summed E-state index contributed by atoms with van der Waals surface area (Å²) in [6, 6.07) is 10.6. The number of carbonyl (C=O) groups is 1. The average molecular weight is 394 g/mol. The van der Waals surface area contributed by atoms with Crippen LogP contribution < -0.4 is 15.4 Å². The molecule has 7 heteroatoms. The van der Waals surface area contributed by atoms with Crippen LogP contribution in [0.5, 0.6) is 5.75 Å². The zero-order valence-electron chi connectivity index (χ0n) is 12.7. The fourth-order valence-corrected chi connectivity index (χ4v) is 2.25. The van der Waals surface area contributed by atoms with Gasteiger partial charge in [-0.25, -0.2) is 4.98 Å². The molecule has 23 heavy (non-hydrogen) atoms. The largest absolute Gasteiger partial charge is 0.494 e. The van der Waals surface area contributed by atoms with E-state index in [9.17, 15) is 4.79 Å². The van der Waals surface area contributed by atoms with Gasteiger partial charge in [0.25, 0.3) is 5.91 Å². The summed E-state index contributed by atoms with van der Waals surface area (Å²) in [6.45, 7) is 4.30. The number of hydrogen-bond donors (Lipinski definition) is 2. The third-order valence-electron chi connectivity index (χ3n) is 2.90. The van der Waals surface area contributed by atoms with E-state index in [1.165, 1.54) is 0 Å². The first-order valence-electron chi connectivity index (χ1n) is 6.98. The molecule has 0 aliphatic heterocycles. The van der Waals surface area contributed by atoms with Gasteiger partial charge in [0.2, 0.25) is 0 Å². The van der Waals surface area contributed by atoms with Crippen molar-refractivity contribution in [3.05, 3.63) is 52.1 Å². The Hall–Kier alpha value is -1.99. The number of rotatable bonds is 4. The van der Waals surface area contributed by atoms with Crippen LogP contribution in [0.3, 0.4) is 0 Å². The number of nitrogens with zero attached hydrogens (tertiary/aromatic N) is 1. The van der Waals surface area contributed by atoms with Crippen LogP contribution in [0.2, 0.25) is 0 Å². The topological polar surface area (TPSA) is 63.2 Å². The molecule has 0 saturated carbocycles. The highest BCUT2D eigenvalue weighted by Gasteiger charge is 2.09. The van der Waals surface area contributed by atoms with Crippen molar-refractivity contribution in [1.29, 1.82) is 0 Å². The van der Waals surface area contributed by atoms with Gasteiger partial charge < -0.3 is 10.1 Å². The molecule has 2 aromatic rings. The number of halogens is 1. The quantitative estimate of drug-likeness (QED) is 0.775. The van der Waals surface area contributed by atoms with Crippen molar-refractivity contribution >= 4 is 45.0 Å². The fourth-order valence-electron chi connectivity index (χ4n) is 1.83. The van der Waals surface area contributed by atoms with Gasteiger partial charge in [-0.15, -0.1) is 0 Å². The van der Waals surface area contributed by atoms with Gasteiger partial charge in [-0.3, -0.25) is 10.1 Å². The molecule has 0 aliphatic carbocycles. The Labute approximate surface area is 148 Å². The van der Waals surface area contributed by atoms with Gasteiger partial charge in [0.05, 0.1) is 12.3 Å². The third-order valence-corrected chi connectivity index (χ3v) is 3.94. The predicted octanol–water partition coefficient (Wildman–Crippen LogP) is 3.68. The minimum Gasteiger partial charge on any atom is -0.494 e. The van der Waals surface area contributed by atoms with E-state index in [1.54, 1.807) is 30.3 Å². The van der Waals surface area contributed by atoms with Gasteiger partial charge in [-0.2, -0.15) is 0 Å². The minimum atomic E-state index is -0.308. The van der Waals surface area contributed by atoms with Crippen LogP contribution in [0.15, 0.2) is 40.9 Å². The molecule has 1 aromatic heterocycles. The number of aromatic nitrogens is 1. The molecule has 0 atom stereocenters. The molecule has 0 fully saturated rings. The molecule has 1 amide bonds. The Kier molecular flexibility index (Phi) is 6.06. The van der Waals surface area contributed by atoms with Gasteiger partial charge in [0, 0.05) is 10.0 Å². The summed E-state index contributed by atoms with van der Waals surface area (Å²) in [4.78, 5) is 16.5.